The molecule has 0 aromatic carbocycles. The van der Waals surface area contributed by atoms with Crippen molar-refractivity contribution >= 4 is 16.6 Å². The van der Waals surface area contributed by atoms with Gasteiger partial charge in [-0.25, -0.2) is 0 Å². The Hall–Kier alpha value is 0.0938. The SMILES string of the molecule is C=CCCCCC(CO[Si](C)(C)C)O[Si](C)(C)C. The molecule has 0 fully saturated rings. The van der Waals surface area contributed by atoms with Crippen LogP contribution in [0.5, 0.6) is 0 Å². The number of hydrogen-bond donors (Lipinski definition) is 0. The second-order valence-corrected chi connectivity index (χ2v) is 15.8. The third kappa shape index (κ3) is 12.5. The first-order valence-electron chi connectivity index (χ1n) is 7.07. The Kier molecular flexibility index (Phi) is 8.34. The second-order valence-electron chi connectivity index (χ2n) is 6.85. The lowest BCUT2D eigenvalue weighted by Crippen LogP contribution is -2.38. The van der Waals surface area contributed by atoms with Gasteiger partial charge in [0.25, 0.3) is 0 Å². The molecular formula is C14H32O2Si2. The quantitative estimate of drug-likeness (QED) is 0.326. The maximum atomic E-state index is 6.22. The summed E-state index contributed by atoms with van der Waals surface area (Å²) in [6.07, 6.45) is 6.91. The molecule has 0 aliphatic heterocycles. The van der Waals surface area contributed by atoms with Gasteiger partial charge in [-0.05, 0) is 58.5 Å². The van der Waals surface area contributed by atoms with E-state index in [1.54, 1.807) is 0 Å². The van der Waals surface area contributed by atoms with E-state index in [0.717, 1.165) is 19.4 Å². The van der Waals surface area contributed by atoms with Crippen molar-refractivity contribution in [1.82, 2.24) is 0 Å². The molecule has 0 aromatic heterocycles. The molecule has 0 amide bonds. The highest BCUT2D eigenvalue weighted by Gasteiger charge is 2.23. The zero-order valence-corrected chi connectivity index (χ0v) is 15.2. The summed E-state index contributed by atoms with van der Waals surface area (Å²) < 4.78 is 12.2. The lowest BCUT2D eigenvalue weighted by atomic mass is 10.1. The van der Waals surface area contributed by atoms with Gasteiger partial charge >= 0.3 is 0 Å². The predicted octanol–water partition coefficient (Wildman–Crippen LogP) is 4.80. The first kappa shape index (κ1) is 18.1. The molecule has 18 heavy (non-hydrogen) atoms. The molecule has 0 saturated carbocycles. The van der Waals surface area contributed by atoms with Gasteiger partial charge < -0.3 is 8.85 Å². The van der Waals surface area contributed by atoms with Crippen LogP contribution in [0, 0.1) is 0 Å². The summed E-state index contributed by atoms with van der Waals surface area (Å²) >= 11 is 0. The largest absolute Gasteiger partial charge is 0.415 e. The van der Waals surface area contributed by atoms with Crippen LogP contribution in [0.25, 0.3) is 0 Å². The minimum absolute atomic E-state index is 0.285. The minimum Gasteiger partial charge on any atom is -0.415 e. The zero-order valence-electron chi connectivity index (χ0n) is 13.2. The van der Waals surface area contributed by atoms with Gasteiger partial charge in [-0.15, -0.1) is 6.58 Å². The minimum atomic E-state index is -1.47. The molecule has 1 unspecified atom stereocenters. The van der Waals surface area contributed by atoms with Gasteiger partial charge in [-0.3, -0.25) is 0 Å². The fourth-order valence-electron chi connectivity index (χ4n) is 1.68. The van der Waals surface area contributed by atoms with Gasteiger partial charge in [0.1, 0.15) is 0 Å². The number of unbranched alkanes of at least 4 members (excludes halogenated alkanes) is 2. The van der Waals surface area contributed by atoms with Crippen LogP contribution < -0.4 is 0 Å². The molecule has 0 heterocycles. The van der Waals surface area contributed by atoms with Gasteiger partial charge in [-0.1, -0.05) is 12.5 Å². The standard InChI is InChI=1S/C14H32O2Si2/c1-8-9-10-11-12-14(16-18(5,6)7)13-15-17(2,3)4/h8,14H,1,9-13H2,2-7H3. The van der Waals surface area contributed by atoms with Crippen LogP contribution in [0.4, 0.5) is 0 Å². The molecule has 0 N–H and O–H groups in total. The highest BCUT2D eigenvalue weighted by atomic mass is 28.4. The van der Waals surface area contributed by atoms with Gasteiger partial charge in [0.15, 0.2) is 16.6 Å². The zero-order chi connectivity index (χ0) is 14.2. The van der Waals surface area contributed by atoms with Crippen molar-refractivity contribution in [2.75, 3.05) is 6.61 Å². The normalized spacial score (nSPS) is 14.6. The lowest BCUT2D eigenvalue weighted by molar-refractivity contribution is 0.109. The molecule has 0 rings (SSSR count). The Balaban J connectivity index is 4.12. The van der Waals surface area contributed by atoms with Crippen molar-refractivity contribution in [2.24, 2.45) is 0 Å². The summed E-state index contributed by atoms with van der Waals surface area (Å²) in [6.45, 7) is 18.0. The third-order valence-electron chi connectivity index (χ3n) is 2.41. The average Bonchev–Trinajstić information content (AvgIpc) is 2.17. The fourth-order valence-corrected chi connectivity index (χ4v) is 3.55. The van der Waals surface area contributed by atoms with Crippen LogP contribution in [-0.2, 0) is 8.85 Å². The summed E-state index contributed by atoms with van der Waals surface area (Å²) in [5.41, 5.74) is 0. The Bertz CT molecular complexity index is 229. The molecule has 0 spiro atoms. The van der Waals surface area contributed by atoms with Gasteiger partial charge in [0, 0.05) is 0 Å². The second kappa shape index (κ2) is 8.30. The average molecular weight is 289 g/mol. The molecule has 108 valence electrons. The van der Waals surface area contributed by atoms with E-state index in [2.05, 4.69) is 45.9 Å². The van der Waals surface area contributed by atoms with Crippen molar-refractivity contribution < 1.29 is 8.85 Å². The van der Waals surface area contributed by atoms with Gasteiger partial charge in [-0.2, -0.15) is 0 Å². The summed E-state index contributed by atoms with van der Waals surface area (Å²) in [5.74, 6) is 0. The Morgan fingerprint density at radius 3 is 2.06 bits per heavy atom. The number of allylic oxidation sites excluding steroid dienone is 1. The number of rotatable bonds is 10. The maximum Gasteiger partial charge on any atom is 0.184 e. The first-order valence-corrected chi connectivity index (χ1v) is 13.9. The van der Waals surface area contributed by atoms with Crippen molar-refractivity contribution in [3.63, 3.8) is 0 Å². The molecule has 0 aromatic rings. The topological polar surface area (TPSA) is 18.5 Å². The van der Waals surface area contributed by atoms with Crippen molar-refractivity contribution in [3.05, 3.63) is 12.7 Å². The molecule has 0 radical (unpaired) electrons. The van der Waals surface area contributed by atoms with Crippen molar-refractivity contribution in [2.45, 2.75) is 71.1 Å². The van der Waals surface area contributed by atoms with Crippen LogP contribution in [0.3, 0.4) is 0 Å². The van der Waals surface area contributed by atoms with E-state index < -0.39 is 16.6 Å². The van der Waals surface area contributed by atoms with E-state index >= 15 is 0 Å². The van der Waals surface area contributed by atoms with E-state index in [0.29, 0.717) is 0 Å². The molecule has 0 aliphatic carbocycles. The van der Waals surface area contributed by atoms with Crippen molar-refractivity contribution in [3.8, 4) is 0 Å². The summed E-state index contributed by atoms with van der Waals surface area (Å²) in [5, 5.41) is 0. The number of hydrogen-bond acceptors (Lipinski definition) is 2. The first-order chi connectivity index (χ1) is 8.14. The molecule has 4 heteroatoms. The van der Waals surface area contributed by atoms with Crippen LogP contribution in [0.2, 0.25) is 39.3 Å². The maximum absolute atomic E-state index is 6.22. The van der Waals surface area contributed by atoms with Gasteiger partial charge in [0.05, 0.1) is 12.7 Å². The summed E-state index contributed by atoms with van der Waals surface area (Å²) in [7, 11) is -2.90. The Morgan fingerprint density at radius 2 is 1.61 bits per heavy atom. The lowest BCUT2D eigenvalue weighted by Gasteiger charge is -2.29. The Labute approximate surface area is 116 Å². The third-order valence-corrected chi connectivity index (χ3v) is 4.48. The van der Waals surface area contributed by atoms with E-state index in [-0.39, 0.29) is 6.10 Å². The van der Waals surface area contributed by atoms with E-state index in [4.69, 9.17) is 8.85 Å². The van der Waals surface area contributed by atoms with Crippen molar-refractivity contribution in [1.29, 1.82) is 0 Å². The molecule has 1 atom stereocenters. The van der Waals surface area contributed by atoms with Crippen LogP contribution in [0.15, 0.2) is 12.7 Å². The monoisotopic (exact) mass is 288 g/mol. The van der Waals surface area contributed by atoms with E-state index in [1.807, 2.05) is 6.08 Å². The van der Waals surface area contributed by atoms with Gasteiger partial charge in [0.2, 0.25) is 0 Å². The Morgan fingerprint density at radius 1 is 1.00 bits per heavy atom. The highest BCUT2D eigenvalue weighted by Crippen LogP contribution is 2.16. The van der Waals surface area contributed by atoms with Crippen LogP contribution in [0.1, 0.15) is 25.7 Å². The molecule has 0 saturated heterocycles. The molecule has 2 nitrogen and oxygen atoms in total. The molecule has 0 aliphatic rings. The van der Waals surface area contributed by atoms with E-state index in [1.165, 1.54) is 12.8 Å². The highest BCUT2D eigenvalue weighted by molar-refractivity contribution is 6.70. The molecular weight excluding hydrogens is 256 g/mol. The van der Waals surface area contributed by atoms with Crippen LogP contribution >= 0.6 is 0 Å². The van der Waals surface area contributed by atoms with E-state index in [9.17, 15) is 0 Å². The van der Waals surface area contributed by atoms with Crippen LogP contribution in [-0.4, -0.2) is 29.3 Å². The fraction of sp³-hybridized carbons (Fsp3) is 0.857. The predicted molar refractivity (Wildman–Crippen MR) is 86.2 cm³/mol. The summed E-state index contributed by atoms with van der Waals surface area (Å²) in [4.78, 5) is 0. The molecule has 0 bridgehead atoms. The smallest absolute Gasteiger partial charge is 0.184 e. The summed E-state index contributed by atoms with van der Waals surface area (Å²) in [6, 6.07) is 0.